The van der Waals surface area contributed by atoms with E-state index in [2.05, 4.69) is 45.2 Å². The number of nitrogens with zero attached hydrogens (tertiary/aromatic N) is 4. The molecule has 7 heteroatoms. The third-order valence-electron chi connectivity index (χ3n) is 3.08. The fraction of sp³-hybridized carbons (Fsp3) is 0.462. The van der Waals surface area contributed by atoms with Crippen molar-refractivity contribution in [1.29, 1.82) is 0 Å². The van der Waals surface area contributed by atoms with Gasteiger partial charge in [0.05, 0.1) is 7.05 Å². The zero-order valence-corrected chi connectivity index (χ0v) is 13.2. The lowest BCUT2D eigenvalue weighted by molar-refractivity contribution is 0.524. The number of tetrazole rings is 1. The van der Waals surface area contributed by atoms with Crippen molar-refractivity contribution in [2.24, 2.45) is 7.05 Å². The molecule has 0 radical (unpaired) electrons. The van der Waals surface area contributed by atoms with Crippen molar-refractivity contribution < 1.29 is 0 Å². The average molecular weight is 307 g/mol. The van der Waals surface area contributed by atoms with Crippen molar-refractivity contribution in [2.45, 2.75) is 25.8 Å². The Balaban J connectivity index is 1.83. The second-order valence-corrected chi connectivity index (χ2v) is 6.77. The Morgan fingerprint density at radius 2 is 2.30 bits per heavy atom. The Kier molecular flexibility index (Phi) is 4.09. The molecule has 0 spiro atoms. The zero-order chi connectivity index (χ0) is 13.9. The molecular weight excluding hydrogens is 290 g/mol. The minimum Gasteiger partial charge on any atom is -0.309 e. The standard InChI is InChI=1S/C13H17N5S2/c1-3-5-14-9(7-13-15-17-18(2)16-13)11-8-12-10(20-11)4-6-19-12/h4,6,8-9,14H,3,5,7H2,1-2H3. The Morgan fingerprint density at radius 3 is 3.00 bits per heavy atom. The van der Waals surface area contributed by atoms with Crippen LogP contribution < -0.4 is 5.32 Å². The van der Waals surface area contributed by atoms with E-state index in [1.54, 1.807) is 18.4 Å². The lowest BCUT2D eigenvalue weighted by Crippen LogP contribution is -2.23. The van der Waals surface area contributed by atoms with Crippen molar-refractivity contribution >= 4 is 32.1 Å². The van der Waals surface area contributed by atoms with E-state index in [-0.39, 0.29) is 6.04 Å². The molecule has 106 valence electrons. The first-order valence-corrected chi connectivity index (χ1v) is 8.39. The normalized spacial score (nSPS) is 13.1. The van der Waals surface area contributed by atoms with Crippen molar-refractivity contribution in [3.05, 3.63) is 28.2 Å². The molecule has 0 aliphatic rings. The van der Waals surface area contributed by atoms with Crippen molar-refractivity contribution in [1.82, 2.24) is 25.5 Å². The highest BCUT2D eigenvalue weighted by molar-refractivity contribution is 7.26. The van der Waals surface area contributed by atoms with Crippen LogP contribution in [0.2, 0.25) is 0 Å². The highest BCUT2D eigenvalue weighted by Gasteiger charge is 2.17. The Bertz CT molecular complexity index is 655. The molecule has 0 bridgehead atoms. The van der Waals surface area contributed by atoms with Gasteiger partial charge in [0.2, 0.25) is 0 Å². The highest BCUT2D eigenvalue weighted by Crippen LogP contribution is 2.34. The number of rotatable bonds is 6. The highest BCUT2D eigenvalue weighted by atomic mass is 32.1. The number of hydrogen-bond donors (Lipinski definition) is 1. The third kappa shape index (κ3) is 2.89. The zero-order valence-electron chi connectivity index (χ0n) is 11.5. The summed E-state index contributed by atoms with van der Waals surface area (Å²) in [6.07, 6.45) is 1.89. The van der Waals surface area contributed by atoms with Gasteiger partial charge >= 0.3 is 0 Å². The minimum absolute atomic E-state index is 0.267. The second kappa shape index (κ2) is 5.99. The van der Waals surface area contributed by atoms with Gasteiger partial charge in [-0.1, -0.05) is 6.92 Å². The SMILES string of the molecule is CCCNC(Cc1nnn(C)n1)c1cc2sccc2s1. The van der Waals surface area contributed by atoms with Crippen LogP contribution in [0.1, 0.15) is 30.1 Å². The number of fused-ring (bicyclic) bond motifs is 1. The lowest BCUT2D eigenvalue weighted by Gasteiger charge is -2.15. The molecule has 3 aromatic rings. The predicted molar refractivity (Wildman–Crippen MR) is 83.2 cm³/mol. The molecule has 0 saturated heterocycles. The number of hydrogen-bond acceptors (Lipinski definition) is 6. The number of aryl methyl sites for hydroxylation is 1. The topological polar surface area (TPSA) is 55.6 Å². The van der Waals surface area contributed by atoms with Crippen LogP contribution in [0.25, 0.3) is 9.40 Å². The Labute approximate surface area is 125 Å². The van der Waals surface area contributed by atoms with Gasteiger partial charge in [0.25, 0.3) is 0 Å². The van der Waals surface area contributed by atoms with Crippen LogP contribution in [0.4, 0.5) is 0 Å². The van der Waals surface area contributed by atoms with E-state index < -0.39 is 0 Å². The van der Waals surface area contributed by atoms with E-state index in [0.29, 0.717) is 0 Å². The first kappa shape index (κ1) is 13.7. The minimum atomic E-state index is 0.267. The van der Waals surface area contributed by atoms with Gasteiger partial charge in [-0.2, -0.15) is 4.80 Å². The summed E-state index contributed by atoms with van der Waals surface area (Å²) < 4.78 is 2.72. The van der Waals surface area contributed by atoms with E-state index in [4.69, 9.17) is 0 Å². The van der Waals surface area contributed by atoms with Crippen LogP contribution >= 0.6 is 22.7 Å². The molecule has 5 nitrogen and oxygen atoms in total. The van der Waals surface area contributed by atoms with Crippen LogP contribution in [0.5, 0.6) is 0 Å². The average Bonchev–Trinajstić information content (AvgIpc) is 3.09. The Hall–Kier alpha value is -1.31. The molecule has 0 fully saturated rings. The van der Waals surface area contributed by atoms with E-state index in [1.807, 2.05) is 11.3 Å². The molecule has 1 unspecified atom stereocenters. The Morgan fingerprint density at radius 1 is 1.40 bits per heavy atom. The van der Waals surface area contributed by atoms with Gasteiger partial charge in [-0.05, 0) is 35.7 Å². The molecule has 3 rings (SSSR count). The van der Waals surface area contributed by atoms with Crippen LogP contribution in [0.3, 0.4) is 0 Å². The van der Waals surface area contributed by atoms with E-state index in [0.717, 1.165) is 25.2 Å². The van der Waals surface area contributed by atoms with Crippen LogP contribution in [-0.2, 0) is 13.5 Å². The molecule has 0 saturated carbocycles. The van der Waals surface area contributed by atoms with E-state index >= 15 is 0 Å². The van der Waals surface area contributed by atoms with Crippen LogP contribution in [0, 0.1) is 0 Å². The summed E-state index contributed by atoms with van der Waals surface area (Å²) in [6, 6.07) is 4.74. The molecule has 3 aromatic heterocycles. The number of thiophene rings is 2. The quantitative estimate of drug-likeness (QED) is 0.761. The molecule has 0 aromatic carbocycles. The maximum absolute atomic E-state index is 4.29. The summed E-state index contributed by atoms with van der Waals surface area (Å²) in [5.41, 5.74) is 0. The maximum atomic E-state index is 4.29. The smallest absolute Gasteiger partial charge is 0.176 e. The lowest BCUT2D eigenvalue weighted by atomic mass is 10.1. The summed E-state index contributed by atoms with van der Waals surface area (Å²) in [7, 11) is 1.80. The van der Waals surface area contributed by atoms with E-state index in [1.165, 1.54) is 19.1 Å². The van der Waals surface area contributed by atoms with Gasteiger partial charge < -0.3 is 5.32 Å². The van der Waals surface area contributed by atoms with Gasteiger partial charge in [-0.25, -0.2) is 0 Å². The molecule has 0 amide bonds. The molecule has 3 heterocycles. The van der Waals surface area contributed by atoms with Gasteiger partial charge in [-0.3, -0.25) is 0 Å². The fourth-order valence-corrected chi connectivity index (χ4v) is 4.33. The number of aromatic nitrogens is 4. The van der Waals surface area contributed by atoms with Crippen molar-refractivity contribution in [2.75, 3.05) is 6.54 Å². The summed E-state index contributed by atoms with van der Waals surface area (Å²) in [6.45, 7) is 3.17. The van der Waals surface area contributed by atoms with Gasteiger partial charge in [0.1, 0.15) is 0 Å². The van der Waals surface area contributed by atoms with Crippen molar-refractivity contribution in [3.63, 3.8) is 0 Å². The summed E-state index contributed by atoms with van der Waals surface area (Å²) in [4.78, 5) is 2.87. The molecule has 1 N–H and O–H groups in total. The molecule has 1 atom stereocenters. The summed E-state index contributed by atoms with van der Waals surface area (Å²) in [5, 5.41) is 18.0. The fourth-order valence-electron chi connectivity index (χ4n) is 2.14. The molecular formula is C13H17N5S2. The third-order valence-corrected chi connectivity index (χ3v) is 5.29. The first-order chi connectivity index (χ1) is 9.76. The predicted octanol–water partition coefficient (Wildman–Crippen LogP) is 2.77. The van der Waals surface area contributed by atoms with E-state index in [9.17, 15) is 0 Å². The number of nitrogens with one attached hydrogen (secondary N) is 1. The molecule has 0 aliphatic carbocycles. The molecule has 0 aliphatic heterocycles. The van der Waals surface area contributed by atoms with Crippen molar-refractivity contribution in [3.8, 4) is 0 Å². The summed E-state index contributed by atoms with van der Waals surface area (Å²) in [5.74, 6) is 0.790. The molecule has 20 heavy (non-hydrogen) atoms. The first-order valence-electron chi connectivity index (χ1n) is 6.69. The van der Waals surface area contributed by atoms with Gasteiger partial charge in [-0.15, -0.1) is 32.9 Å². The van der Waals surface area contributed by atoms with Gasteiger partial charge in [0.15, 0.2) is 5.82 Å². The summed E-state index contributed by atoms with van der Waals surface area (Å²) >= 11 is 3.65. The van der Waals surface area contributed by atoms with Gasteiger partial charge in [0, 0.05) is 26.7 Å². The van der Waals surface area contributed by atoms with Crippen LogP contribution in [0.15, 0.2) is 17.5 Å². The largest absolute Gasteiger partial charge is 0.309 e. The maximum Gasteiger partial charge on any atom is 0.176 e. The second-order valence-electron chi connectivity index (χ2n) is 4.70. The van der Waals surface area contributed by atoms with Crippen LogP contribution in [-0.4, -0.2) is 26.8 Å². The monoisotopic (exact) mass is 307 g/mol.